The van der Waals surface area contributed by atoms with Crippen LogP contribution in [0.4, 0.5) is 11.5 Å². The summed E-state index contributed by atoms with van der Waals surface area (Å²) in [4.78, 5) is 25.0. The van der Waals surface area contributed by atoms with Crippen molar-refractivity contribution in [2.24, 2.45) is 7.05 Å². The van der Waals surface area contributed by atoms with E-state index in [-0.39, 0.29) is 17.5 Å². The highest BCUT2D eigenvalue weighted by Gasteiger charge is 2.19. The maximum absolute atomic E-state index is 11.5. The lowest BCUT2D eigenvalue weighted by molar-refractivity contribution is 0.195. The van der Waals surface area contributed by atoms with Crippen molar-refractivity contribution in [3.8, 4) is 0 Å². The first-order chi connectivity index (χ1) is 7.59. The molecule has 0 radical (unpaired) electrons. The number of anilines is 2. The lowest BCUT2D eigenvalue weighted by Crippen LogP contribution is -2.34. The van der Waals surface area contributed by atoms with E-state index < -0.39 is 11.2 Å². The van der Waals surface area contributed by atoms with Gasteiger partial charge < -0.3 is 15.8 Å². The maximum atomic E-state index is 11.5. The van der Waals surface area contributed by atoms with E-state index in [1.54, 1.807) is 0 Å². The molecule has 7 heteroatoms. The van der Waals surface area contributed by atoms with Gasteiger partial charge >= 0.3 is 5.69 Å². The van der Waals surface area contributed by atoms with E-state index in [0.717, 1.165) is 6.42 Å². The Labute approximate surface area is 91.2 Å². The van der Waals surface area contributed by atoms with Crippen LogP contribution >= 0.6 is 0 Å². The molecule has 7 nitrogen and oxygen atoms in total. The van der Waals surface area contributed by atoms with Crippen molar-refractivity contribution in [3.63, 3.8) is 0 Å². The predicted octanol–water partition coefficient (Wildman–Crippen LogP) is -1.14. The van der Waals surface area contributed by atoms with Gasteiger partial charge in [0.1, 0.15) is 11.5 Å². The van der Waals surface area contributed by atoms with Crippen LogP contribution in [0, 0.1) is 0 Å². The van der Waals surface area contributed by atoms with E-state index in [1.165, 1.54) is 11.6 Å². The van der Waals surface area contributed by atoms with Crippen LogP contribution < -0.4 is 22.3 Å². The van der Waals surface area contributed by atoms with Gasteiger partial charge in [0.05, 0.1) is 12.6 Å². The van der Waals surface area contributed by atoms with Gasteiger partial charge in [-0.3, -0.25) is 14.3 Å². The molecule has 88 valence electrons. The van der Waals surface area contributed by atoms with Crippen molar-refractivity contribution < 1.29 is 4.74 Å². The Kier molecular flexibility index (Phi) is 2.69. The van der Waals surface area contributed by atoms with Crippen molar-refractivity contribution >= 4 is 11.5 Å². The van der Waals surface area contributed by atoms with Crippen LogP contribution in [0.5, 0.6) is 0 Å². The average Bonchev–Trinajstić information content (AvgIpc) is 2.74. The van der Waals surface area contributed by atoms with E-state index in [2.05, 4.69) is 10.3 Å². The largest absolute Gasteiger partial charge is 0.383 e. The highest BCUT2D eigenvalue weighted by atomic mass is 16.5. The summed E-state index contributed by atoms with van der Waals surface area (Å²) >= 11 is 0. The van der Waals surface area contributed by atoms with Gasteiger partial charge in [-0.1, -0.05) is 0 Å². The number of hydrogen-bond donors (Lipinski definition) is 3. The fourth-order valence-electron chi connectivity index (χ4n) is 1.63. The normalized spacial score (nSPS) is 19.9. The third-order valence-electron chi connectivity index (χ3n) is 2.65. The molecule has 1 fully saturated rings. The summed E-state index contributed by atoms with van der Waals surface area (Å²) in [6.07, 6.45) is 0.821. The third kappa shape index (κ3) is 1.81. The van der Waals surface area contributed by atoms with Gasteiger partial charge in [0.2, 0.25) is 0 Å². The Bertz CT molecular complexity index is 498. The molecule has 0 amide bonds. The number of nitrogen functional groups attached to an aromatic ring is 1. The molecule has 1 aromatic heterocycles. The molecule has 2 rings (SSSR count). The Balaban J connectivity index is 2.36. The van der Waals surface area contributed by atoms with E-state index >= 15 is 0 Å². The predicted molar refractivity (Wildman–Crippen MR) is 59.6 cm³/mol. The summed E-state index contributed by atoms with van der Waals surface area (Å²) in [5.74, 6) is 0.139. The van der Waals surface area contributed by atoms with Gasteiger partial charge in [-0.2, -0.15) is 0 Å². The fourth-order valence-corrected chi connectivity index (χ4v) is 1.63. The van der Waals surface area contributed by atoms with Crippen LogP contribution in [0.25, 0.3) is 0 Å². The van der Waals surface area contributed by atoms with Gasteiger partial charge in [0, 0.05) is 13.7 Å². The smallest absolute Gasteiger partial charge is 0.329 e. The minimum absolute atomic E-state index is 0.0703. The number of H-pyrrole nitrogens is 1. The molecule has 2 heterocycles. The zero-order valence-corrected chi connectivity index (χ0v) is 8.95. The summed E-state index contributed by atoms with van der Waals surface area (Å²) in [5.41, 5.74) is 4.92. The molecule has 1 aliphatic heterocycles. The summed E-state index contributed by atoms with van der Waals surface area (Å²) in [7, 11) is 1.50. The van der Waals surface area contributed by atoms with Crippen LogP contribution in [0.2, 0.25) is 0 Å². The SMILES string of the molecule is Cn1c(N)c(NC2CCOC2)c(=O)[nH]c1=O. The molecule has 1 saturated heterocycles. The van der Waals surface area contributed by atoms with Crippen molar-refractivity contribution in [2.45, 2.75) is 12.5 Å². The van der Waals surface area contributed by atoms with Crippen LogP contribution in [-0.2, 0) is 11.8 Å². The minimum atomic E-state index is -0.518. The van der Waals surface area contributed by atoms with Crippen LogP contribution in [0.15, 0.2) is 9.59 Å². The zero-order chi connectivity index (χ0) is 11.7. The summed E-state index contributed by atoms with van der Waals surface area (Å²) in [6, 6.07) is 0.0703. The van der Waals surface area contributed by atoms with Crippen molar-refractivity contribution in [1.29, 1.82) is 0 Å². The second-order valence-corrected chi connectivity index (χ2v) is 3.78. The molecule has 1 aromatic rings. The fraction of sp³-hybridized carbons (Fsp3) is 0.556. The number of nitrogens with zero attached hydrogens (tertiary/aromatic N) is 1. The van der Waals surface area contributed by atoms with Gasteiger partial charge in [0.25, 0.3) is 5.56 Å². The molecule has 0 aliphatic carbocycles. The monoisotopic (exact) mass is 226 g/mol. The molecule has 0 bridgehead atoms. The molecule has 1 atom stereocenters. The topological polar surface area (TPSA) is 102 Å². The molecule has 1 unspecified atom stereocenters. The summed E-state index contributed by atoms with van der Waals surface area (Å²) in [6.45, 7) is 1.21. The second kappa shape index (κ2) is 4.01. The van der Waals surface area contributed by atoms with Crippen molar-refractivity contribution in [3.05, 3.63) is 20.8 Å². The highest BCUT2D eigenvalue weighted by molar-refractivity contribution is 5.60. The molecular weight excluding hydrogens is 212 g/mol. The number of hydrogen-bond acceptors (Lipinski definition) is 5. The Morgan fingerprint density at radius 2 is 2.31 bits per heavy atom. The van der Waals surface area contributed by atoms with Gasteiger partial charge in [0.15, 0.2) is 0 Å². The van der Waals surface area contributed by atoms with Crippen LogP contribution in [-0.4, -0.2) is 28.8 Å². The number of ether oxygens (including phenoxy) is 1. The molecule has 0 spiro atoms. The molecule has 16 heavy (non-hydrogen) atoms. The maximum Gasteiger partial charge on any atom is 0.329 e. The minimum Gasteiger partial charge on any atom is -0.383 e. The standard InChI is InChI=1S/C9H14N4O3/c1-13-7(10)6(8(14)12-9(13)15)11-5-2-3-16-4-5/h5,11H,2-4,10H2,1H3,(H,12,14,15). The molecule has 0 saturated carbocycles. The molecular formula is C9H14N4O3. The van der Waals surface area contributed by atoms with E-state index in [9.17, 15) is 9.59 Å². The Morgan fingerprint density at radius 1 is 1.56 bits per heavy atom. The third-order valence-corrected chi connectivity index (χ3v) is 2.65. The van der Waals surface area contributed by atoms with Gasteiger partial charge in [-0.05, 0) is 6.42 Å². The number of aromatic amines is 1. The first kappa shape index (κ1) is 10.7. The molecule has 4 N–H and O–H groups in total. The zero-order valence-electron chi connectivity index (χ0n) is 8.95. The lowest BCUT2D eigenvalue weighted by atomic mass is 10.2. The number of rotatable bonds is 2. The number of nitrogens with two attached hydrogens (primary N) is 1. The first-order valence-corrected chi connectivity index (χ1v) is 5.02. The summed E-state index contributed by atoms with van der Waals surface area (Å²) < 4.78 is 6.37. The second-order valence-electron chi connectivity index (χ2n) is 3.78. The average molecular weight is 226 g/mol. The molecule has 0 aromatic carbocycles. The molecule has 1 aliphatic rings. The van der Waals surface area contributed by atoms with Gasteiger partial charge in [-0.25, -0.2) is 4.79 Å². The van der Waals surface area contributed by atoms with E-state index in [4.69, 9.17) is 10.5 Å². The van der Waals surface area contributed by atoms with E-state index in [1.807, 2.05) is 0 Å². The quantitative estimate of drug-likeness (QED) is 0.591. The number of aromatic nitrogens is 2. The van der Waals surface area contributed by atoms with Crippen molar-refractivity contribution in [2.75, 3.05) is 24.3 Å². The van der Waals surface area contributed by atoms with Crippen LogP contribution in [0.1, 0.15) is 6.42 Å². The van der Waals surface area contributed by atoms with E-state index in [0.29, 0.717) is 13.2 Å². The first-order valence-electron chi connectivity index (χ1n) is 5.02. The van der Waals surface area contributed by atoms with Gasteiger partial charge in [-0.15, -0.1) is 0 Å². The Hall–Kier alpha value is -1.76. The van der Waals surface area contributed by atoms with Crippen LogP contribution in [0.3, 0.4) is 0 Å². The summed E-state index contributed by atoms with van der Waals surface area (Å²) in [5, 5.41) is 2.99. The Morgan fingerprint density at radius 3 is 2.94 bits per heavy atom. The highest BCUT2D eigenvalue weighted by Crippen LogP contribution is 2.14. The lowest BCUT2D eigenvalue weighted by Gasteiger charge is -2.14. The van der Waals surface area contributed by atoms with Crippen molar-refractivity contribution in [1.82, 2.24) is 9.55 Å². The number of nitrogens with one attached hydrogen (secondary N) is 2.